The number of thiophene rings is 1. The van der Waals surface area contributed by atoms with E-state index in [9.17, 15) is 9.59 Å². The first-order valence-electron chi connectivity index (χ1n) is 5.91. The largest absolute Gasteiger partial charge is 0.451 e. The van der Waals surface area contributed by atoms with Crippen LogP contribution in [0, 0.1) is 11.3 Å². The highest BCUT2D eigenvalue weighted by Crippen LogP contribution is 2.22. The third kappa shape index (κ3) is 3.62. The van der Waals surface area contributed by atoms with Gasteiger partial charge in [0.1, 0.15) is 11.1 Å². The molecule has 0 saturated carbocycles. The number of hydrogen-bond donors (Lipinski definition) is 1. The van der Waals surface area contributed by atoms with Crippen molar-refractivity contribution in [3.8, 4) is 6.07 Å². The summed E-state index contributed by atoms with van der Waals surface area (Å²) >= 11 is 2.16. The average molecular weight is 322 g/mol. The molecule has 0 aliphatic rings. The number of nitrogens with zero attached hydrogens (tertiary/aromatic N) is 3. The van der Waals surface area contributed by atoms with E-state index in [0.717, 1.165) is 11.5 Å². The van der Waals surface area contributed by atoms with Gasteiger partial charge in [0.2, 0.25) is 0 Å². The van der Waals surface area contributed by atoms with E-state index < -0.39 is 18.5 Å². The van der Waals surface area contributed by atoms with E-state index in [0.29, 0.717) is 27.6 Å². The standard InChI is InChI=1S/C12H10N4O3S2/c1-2-8-10(21-16-15-8)12(18)19-6-9(17)14-11-7(5-13)3-4-20-11/h3-4H,2,6H2,1H3,(H,14,17). The van der Waals surface area contributed by atoms with Crippen LogP contribution in [0.4, 0.5) is 5.00 Å². The minimum atomic E-state index is -0.622. The summed E-state index contributed by atoms with van der Waals surface area (Å²) in [7, 11) is 0. The van der Waals surface area contributed by atoms with Crippen molar-refractivity contribution in [1.29, 1.82) is 5.26 Å². The zero-order chi connectivity index (χ0) is 15.2. The number of aryl methyl sites for hydroxylation is 1. The van der Waals surface area contributed by atoms with Gasteiger partial charge < -0.3 is 10.1 Å². The summed E-state index contributed by atoms with van der Waals surface area (Å²) < 4.78 is 8.59. The molecule has 0 aliphatic heterocycles. The van der Waals surface area contributed by atoms with E-state index in [2.05, 4.69) is 14.9 Å². The Morgan fingerprint density at radius 1 is 1.52 bits per heavy atom. The Morgan fingerprint density at radius 2 is 2.33 bits per heavy atom. The first-order valence-corrected chi connectivity index (χ1v) is 7.56. The molecule has 2 aromatic heterocycles. The molecule has 7 nitrogen and oxygen atoms in total. The predicted molar refractivity (Wildman–Crippen MR) is 77.2 cm³/mol. The number of nitriles is 1. The molecule has 9 heteroatoms. The molecular formula is C12H10N4O3S2. The van der Waals surface area contributed by atoms with Crippen molar-refractivity contribution in [2.45, 2.75) is 13.3 Å². The van der Waals surface area contributed by atoms with Gasteiger partial charge in [-0.1, -0.05) is 11.4 Å². The number of carbonyl (C=O) groups excluding carboxylic acids is 2. The Bertz CT molecular complexity index is 701. The Hall–Kier alpha value is -2.31. The van der Waals surface area contributed by atoms with E-state index in [1.165, 1.54) is 11.3 Å². The Balaban J connectivity index is 1.90. The lowest BCUT2D eigenvalue weighted by molar-refractivity contribution is -0.119. The zero-order valence-corrected chi connectivity index (χ0v) is 12.6. The van der Waals surface area contributed by atoms with Crippen molar-refractivity contribution < 1.29 is 14.3 Å². The third-order valence-corrected chi connectivity index (χ3v) is 4.03. The van der Waals surface area contributed by atoms with Crippen molar-refractivity contribution >= 4 is 39.7 Å². The lowest BCUT2D eigenvalue weighted by Gasteiger charge is -2.04. The number of carbonyl (C=O) groups is 2. The number of anilines is 1. The minimum absolute atomic E-state index is 0.305. The fraction of sp³-hybridized carbons (Fsp3) is 0.250. The summed E-state index contributed by atoms with van der Waals surface area (Å²) in [5.74, 6) is -1.12. The Morgan fingerprint density at radius 3 is 3.05 bits per heavy atom. The first kappa shape index (κ1) is 15.1. The average Bonchev–Trinajstić information content (AvgIpc) is 3.12. The molecule has 2 aromatic rings. The number of hydrogen-bond acceptors (Lipinski definition) is 8. The maximum atomic E-state index is 11.8. The first-order chi connectivity index (χ1) is 10.2. The fourth-order valence-electron chi connectivity index (χ4n) is 1.45. The predicted octanol–water partition coefficient (Wildman–Crippen LogP) is 1.83. The Kier molecular flexibility index (Phi) is 4.97. The van der Waals surface area contributed by atoms with Gasteiger partial charge in [0.25, 0.3) is 5.91 Å². The van der Waals surface area contributed by atoms with Gasteiger partial charge in [0.15, 0.2) is 11.5 Å². The topological polar surface area (TPSA) is 105 Å². The van der Waals surface area contributed by atoms with Crippen LogP contribution in [0.1, 0.15) is 27.9 Å². The third-order valence-electron chi connectivity index (χ3n) is 2.45. The van der Waals surface area contributed by atoms with E-state index >= 15 is 0 Å². The number of amides is 1. The molecule has 21 heavy (non-hydrogen) atoms. The molecule has 108 valence electrons. The highest BCUT2D eigenvalue weighted by atomic mass is 32.1. The number of ether oxygens (including phenoxy) is 1. The molecular weight excluding hydrogens is 312 g/mol. The summed E-state index contributed by atoms with van der Waals surface area (Å²) in [6.45, 7) is 1.42. The molecule has 0 aliphatic carbocycles. The maximum absolute atomic E-state index is 11.8. The van der Waals surface area contributed by atoms with Crippen molar-refractivity contribution in [2.24, 2.45) is 0 Å². The van der Waals surface area contributed by atoms with Gasteiger partial charge in [0.05, 0.1) is 11.3 Å². The molecule has 1 amide bonds. The number of esters is 1. The highest BCUT2D eigenvalue weighted by molar-refractivity contribution is 7.14. The van der Waals surface area contributed by atoms with Crippen LogP contribution >= 0.6 is 22.9 Å². The van der Waals surface area contributed by atoms with Gasteiger partial charge in [-0.25, -0.2) is 4.79 Å². The summed E-state index contributed by atoms with van der Waals surface area (Å²) in [6, 6.07) is 3.56. The van der Waals surface area contributed by atoms with Crippen LogP contribution in [-0.2, 0) is 16.0 Å². The molecule has 2 heterocycles. The van der Waals surface area contributed by atoms with Gasteiger partial charge in [-0.2, -0.15) is 5.26 Å². The summed E-state index contributed by atoms with van der Waals surface area (Å²) in [5, 5.41) is 17.3. The maximum Gasteiger partial charge on any atom is 0.352 e. The molecule has 0 unspecified atom stereocenters. The fourth-order valence-corrected chi connectivity index (χ4v) is 2.85. The SMILES string of the molecule is CCc1nnsc1C(=O)OCC(=O)Nc1sccc1C#N. The van der Waals surface area contributed by atoms with E-state index in [-0.39, 0.29) is 0 Å². The van der Waals surface area contributed by atoms with Crippen LogP contribution in [0.15, 0.2) is 11.4 Å². The van der Waals surface area contributed by atoms with E-state index in [1.54, 1.807) is 11.4 Å². The van der Waals surface area contributed by atoms with E-state index in [1.807, 2.05) is 13.0 Å². The number of rotatable bonds is 5. The normalized spacial score (nSPS) is 9.90. The lowest BCUT2D eigenvalue weighted by Crippen LogP contribution is -2.20. The van der Waals surface area contributed by atoms with Crippen LogP contribution in [0.3, 0.4) is 0 Å². The quantitative estimate of drug-likeness (QED) is 0.842. The molecule has 0 radical (unpaired) electrons. The molecule has 1 N–H and O–H groups in total. The van der Waals surface area contributed by atoms with Crippen LogP contribution in [0.2, 0.25) is 0 Å². The molecule has 0 spiro atoms. The Labute approximate surface area is 128 Å². The van der Waals surface area contributed by atoms with Crippen LogP contribution in [0.5, 0.6) is 0 Å². The zero-order valence-electron chi connectivity index (χ0n) is 11.0. The van der Waals surface area contributed by atoms with Gasteiger partial charge in [0, 0.05) is 0 Å². The summed E-state index contributed by atoms with van der Waals surface area (Å²) in [4.78, 5) is 23.8. The van der Waals surface area contributed by atoms with E-state index in [4.69, 9.17) is 10.00 Å². The summed E-state index contributed by atoms with van der Waals surface area (Å²) in [5.41, 5.74) is 0.926. The second-order valence-electron chi connectivity index (χ2n) is 3.80. The van der Waals surface area contributed by atoms with Crippen molar-refractivity contribution in [2.75, 3.05) is 11.9 Å². The van der Waals surface area contributed by atoms with Gasteiger partial charge in [-0.3, -0.25) is 4.79 Å². The molecule has 0 atom stereocenters. The van der Waals surface area contributed by atoms with Gasteiger partial charge in [-0.15, -0.1) is 16.4 Å². The number of nitrogens with one attached hydrogen (secondary N) is 1. The van der Waals surface area contributed by atoms with Crippen molar-refractivity contribution in [3.05, 3.63) is 27.6 Å². The van der Waals surface area contributed by atoms with Gasteiger partial charge >= 0.3 is 5.97 Å². The van der Waals surface area contributed by atoms with Crippen LogP contribution in [-0.4, -0.2) is 28.1 Å². The van der Waals surface area contributed by atoms with Crippen molar-refractivity contribution in [3.63, 3.8) is 0 Å². The number of aromatic nitrogens is 2. The summed E-state index contributed by atoms with van der Waals surface area (Å²) in [6.07, 6.45) is 0.563. The lowest BCUT2D eigenvalue weighted by atomic mass is 10.3. The van der Waals surface area contributed by atoms with Crippen LogP contribution in [0.25, 0.3) is 0 Å². The highest BCUT2D eigenvalue weighted by Gasteiger charge is 2.18. The molecule has 0 aromatic carbocycles. The second kappa shape index (κ2) is 6.92. The minimum Gasteiger partial charge on any atom is -0.451 e. The molecule has 0 fully saturated rings. The smallest absolute Gasteiger partial charge is 0.352 e. The second-order valence-corrected chi connectivity index (χ2v) is 5.47. The van der Waals surface area contributed by atoms with Crippen LogP contribution < -0.4 is 5.32 Å². The molecule has 0 bridgehead atoms. The monoisotopic (exact) mass is 322 g/mol. The molecule has 0 saturated heterocycles. The molecule has 2 rings (SSSR count). The van der Waals surface area contributed by atoms with Gasteiger partial charge in [-0.05, 0) is 29.4 Å². The van der Waals surface area contributed by atoms with Crippen molar-refractivity contribution in [1.82, 2.24) is 9.59 Å².